The van der Waals surface area contributed by atoms with E-state index in [9.17, 15) is 0 Å². The van der Waals surface area contributed by atoms with E-state index in [0.29, 0.717) is 6.61 Å². The van der Waals surface area contributed by atoms with Crippen LogP contribution in [-0.4, -0.2) is 5.11 Å². The molecule has 0 saturated heterocycles. The standard InChI is InChI=1S/C9H9O2/c10-6-7-11-8-9-4-2-1-3-5-9/h1-6,10H,8H2. The third-order valence-corrected chi connectivity index (χ3v) is 1.22. The lowest BCUT2D eigenvalue weighted by Gasteiger charge is -1.97. The Balaban J connectivity index is 2.39. The highest BCUT2D eigenvalue weighted by molar-refractivity contribution is 5.13. The van der Waals surface area contributed by atoms with Gasteiger partial charge >= 0.3 is 0 Å². The zero-order valence-electron chi connectivity index (χ0n) is 6.03. The second-order valence-corrected chi connectivity index (χ2v) is 2.02. The van der Waals surface area contributed by atoms with Gasteiger partial charge in [0.1, 0.15) is 12.9 Å². The molecule has 0 aliphatic carbocycles. The van der Waals surface area contributed by atoms with Gasteiger partial charge in [0, 0.05) is 0 Å². The Labute approximate surface area is 65.7 Å². The van der Waals surface area contributed by atoms with Crippen molar-refractivity contribution in [2.75, 3.05) is 0 Å². The van der Waals surface area contributed by atoms with Crippen LogP contribution in [0.4, 0.5) is 0 Å². The molecule has 0 atom stereocenters. The van der Waals surface area contributed by atoms with E-state index in [2.05, 4.69) is 6.26 Å². The van der Waals surface area contributed by atoms with Crippen LogP contribution in [0.3, 0.4) is 0 Å². The third kappa shape index (κ3) is 2.76. The molecular formula is C9H9O2. The predicted molar refractivity (Wildman–Crippen MR) is 41.7 cm³/mol. The number of aliphatic hydroxyl groups is 1. The molecule has 0 aliphatic heterocycles. The van der Waals surface area contributed by atoms with Crippen molar-refractivity contribution in [3.05, 3.63) is 48.4 Å². The van der Waals surface area contributed by atoms with Gasteiger partial charge in [-0.3, -0.25) is 0 Å². The van der Waals surface area contributed by atoms with Crippen LogP contribution in [-0.2, 0) is 11.3 Å². The summed E-state index contributed by atoms with van der Waals surface area (Å²) >= 11 is 0. The fourth-order valence-corrected chi connectivity index (χ4v) is 0.737. The average Bonchev–Trinajstić information content (AvgIpc) is 2.07. The van der Waals surface area contributed by atoms with Crippen molar-refractivity contribution in [2.24, 2.45) is 0 Å². The molecule has 0 unspecified atom stereocenters. The first-order chi connectivity index (χ1) is 5.43. The van der Waals surface area contributed by atoms with Crippen LogP contribution in [0, 0.1) is 6.26 Å². The lowest BCUT2D eigenvalue weighted by atomic mass is 10.2. The molecule has 1 N–H and O–H groups in total. The van der Waals surface area contributed by atoms with Gasteiger partial charge in [-0.25, -0.2) is 0 Å². The van der Waals surface area contributed by atoms with Crippen molar-refractivity contribution in [1.29, 1.82) is 0 Å². The van der Waals surface area contributed by atoms with Crippen molar-refractivity contribution in [1.82, 2.24) is 0 Å². The van der Waals surface area contributed by atoms with E-state index in [0.717, 1.165) is 11.8 Å². The minimum Gasteiger partial charge on any atom is -0.512 e. The number of hydrogen-bond donors (Lipinski definition) is 1. The second kappa shape index (κ2) is 4.39. The topological polar surface area (TPSA) is 29.5 Å². The van der Waals surface area contributed by atoms with E-state index in [4.69, 9.17) is 9.84 Å². The summed E-state index contributed by atoms with van der Waals surface area (Å²) in [5.41, 5.74) is 1.06. The molecule has 0 saturated carbocycles. The van der Waals surface area contributed by atoms with Crippen LogP contribution in [0.25, 0.3) is 0 Å². The molecular weight excluding hydrogens is 140 g/mol. The smallest absolute Gasteiger partial charge is 0.199 e. The number of aliphatic hydroxyl groups excluding tert-OH is 1. The van der Waals surface area contributed by atoms with Crippen molar-refractivity contribution < 1.29 is 9.84 Å². The fourth-order valence-electron chi connectivity index (χ4n) is 0.737. The highest BCUT2D eigenvalue weighted by atomic mass is 16.5. The summed E-state index contributed by atoms with van der Waals surface area (Å²) in [6.07, 6.45) is 2.98. The van der Waals surface area contributed by atoms with Gasteiger partial charge in [-0.15, -0.1) is 0 Å². The maximum Gasteiger partial charge on any atom is 0.199 e. The molecule has 0 bridgehead atoms. The maximum absolute atomic E-state index is 8.18. The lowest BCUT2D eigenvalue weighted by Crippen LogP contribution is -1.84. The first-order valence-corrected chi connectivity index (χ1v) is 3.30. The number of benzene rings is 1. The summed E-state index contributed by atoms with van der Waals surface area (Å²) in [6.45, 7) is 0.442. The number of hydrogen-bond acceptors (Lipinski definition) is 2. The van der Waals surface area contributed by atoms with E-state index >= 15 is 0 Å². The van der Waals surface area contributed by atoms with Crippen LogP contribution in [0.5, 0.6) is 0 Å². The van der Waals surface area contributed by atoms with Crippen molar-refractivity contribution in [3.63, 3.8) is 0 Å². The van der Waals surface area contributed by atoms with Gasteiger partial charge in [0.25, 0.3) is 0 Å². The lowest BCUT2D eigenvalue weighted by molar-refractivity contribution is 0.204. The molecule has 1 aromatic rings. The first-order valence-electron chi connectivity index (χ1n) is 3.30. The Morgan fingerprint density at radius 3 is 2.73 bits per heavy atom. The molecule has 1 radical (unpaired) electrons. The summed E-state index contributed by atoms with van der Waals surface area (Å²) in [5.74, 6) is 0. The SMILES string of the molecule is OC=[C]OCc1ccccc1. The van der Waals surface area contributed by atoms with Crippen molar-refractivity contribution in [3.8, 4) is 0 Å². The van der Waals surface area contributed by atoms with Crippen LogP contribution in [0.2, 0.25) is 0 Å². The normalized spacial score (nSPS) is 10.2. The van der Waals surface area contributed by atoms with Gasteiger partial charge in [0.05, 0.1) is 0 Å². The molecule has 0 spiro atoms. The van der Waals surface area contributed by atoms with E-state index in [-0.39, 0.29) is 0 Å². The molecule has 11 heavy (non-hydrogen) atoms. The highest BCUT2D eigenvalue weighted by Crippen LogP contribution is 1.99. The highest BCUT2D eigenvalue weighted by Gasteiger charge is 1.87. The number of rotatable bonds is 3. The summed E-state index contributed by atoms with van der Waals surface area (Å²) in [5, 5.41) is 8.18. The van der Waals surface area contributed by atoms with E-state index in [1.54, 1.807) is 0 Å². The van der Waals surface area contributed by atoms with Crippen LogP contribution >= 0.6 is 0 Å². The zero-order chi connectivity index (χ0) is 7.94. The first kappa shape index (κ1) is 7.66. The molecule has 0 aliphatic rings. The molecule has 0 aromatic heterocycles. The Morgan fingerprint density at radius 1 is 1.36 bits per heavy atom. The van der Waals surface area contributed by atoms with Gasteiger partial charge in [0.15, 0.2) is 6.26 Å². The van der Waals surface area contributed by atoms with E-state index in [1.807, 2.05) is 30.3 Å². The average molecular weight is 149 g/mol. The zero-order valence-corrected chi connectivity index (χ0v) is 6.03. The quantitative estimate of drug-likeness (QED) is 0.666. The molecule has 2 nitrogen and oxygen atoms in total. The summed E-state index contributed by atoms with van der Waals surface area (Å²) < 4.78 is 4.81. The molecule has 0 amide bonds. The molecule has 0 fully saturated rings. The van der Waals surface area contributed by atoms with Crippen molar-refractivity contribution in [2.45, 2.75) is 6.61 Å². The van der Waals surface area contributed by atoms with Gasteiger partial charge in [-0.1, -0.05) is 30.3 Å². The maximum atomic E-state index is 8.18. The van der Waals surface area contributed by atoms with Gasteiger partial charge in [-0.05, 0) is 5.56 Å². The molecule has 0 heterocycles. The minimum atomic E-state index is 0.442. The van der Waals surface area contributed by atoms with Gasteiger partial charge < -0.3 is 9.84 Å². The largest absolute Gasteiger partial charge is 0.512 e. The van der Waals surface area contributed by atoms with Crippen LogP contribution in [0.15, 0.2) is 36.6 Å². The molecule has 1 rings (SSSR count). The van der Waals surface area contributed by atoms with E-state index < -0.39 is 0 Å². The van der Waals surface area contributed by atoms with Crippen LogP contribution in [0.1, 0.15) is 5.56 Å². The summed E-state index contributed by atoms with van der Waals surface area (Å²) in [6, 6.07) is 9.69. The van der Waals surface area contributed by atoms with Gasteiger partial charge in [-0.2, -0.15) is 0 Å². The predicted octanol–water partition coefficient (Wildman–Crippen LogP) is 2.04. The molecule has 57 valence electrons. The summed E-state index contributed by atoms with van der Waals surface area (Å²) in [4.78, 5) is 0. The number of ether oxygens (including phenoxy) is 1. The Hall–Kier alpha value is -1.44. The Kier molecular flexibility index (Phi) is 3.06. The monoisotopic (exact) mass is 149 g/mol. The van der Waals surface area contributed by atoms with E-state index in [1.165, 1.54) is 0 Å². The van der Waals surface area contributed by atoms with Crippen LogP contribution < -0.4 is 0 Å². The fraction of sp³-hybridized carbons (Fsp3) is 0.111. The minimum absolute atomic E-state index is 0.442. The third-order valence-electron chi connectivity index (χ3n) is 1.22. The second-order valence-electron chi connectivity index (χ2n) is 2.02. The van der Waals surface area contributed by atoms with Crippen molar-refractivity contribution >= 4 is 0 Å². The molecule has 1 aromatic carbocycles. The van der Waals surface area contributed by atoms with Gasteiger partial charge in [0.2, 0.25) is 0 Å². The molecule has 2 heteroatoms. The summed E-state index contributed by atoms with van der Waals surface area (Å²) in [7, 11) is 0. The Morgan fingerprint density at radius 2 is 2.09 bits per heavy atom. The Bertz CT molecular complexity index is 216.